The number of halogens is 2. The van der Waals surface area contributed by atoms with Gasteiger partial charge in [-0.25, -0.2) is 4.39 Å². The fraction of sp³-hybridized carbons (Fsp3) is 0.111. The molecule has 6 heteroatoms. The number of aryl methyl sites for hydroxylation is 1. The Morgan fingerprint density at radius 3 is 2.83 bits per heavy atom. The van der Waals surface area contributed by atoms with Gasteiger partial charge in [0, 0.05) is 32.8 Å². The summed E-state index contributed by atoms with van der Waals surface area (Å²) in [5, 5.41) is 3.48. The van der Waals surface area contributed by atoms with E-state index in [2.05, 4.69) is 21.2 Å². The van der Waals surface area contributed by atoms with Gasteiger partial charge in [0.2, 0.25) is 5.91 Å². The number of fused-ring (bicyclic) bond motifs is 1. The summed E-state index contributed by atoms with van der Waals surface area (Å²) >= 11 is 3.37. The average Bonchev–Trinajstić information content (AvgIpc) is 2.87. The summed E-state index contributed by atoms with van der Waals surface area (Å²) in [5.74, 6) is -0.698. The van der Waals surface area contributed by atoms with Gasteiger partial charge < -0.3 is 9.88 Å². The van der Waals surface area contributed by atoms with Gasteiger partial charge in [0.05, 0.1) is 0 Å². The van der Waals surface area contributed by atoms with Crippen LogP contribution in [0.1, 0.15) is 15.9 Å². The fourth-order valence-electron chi connectivity index (χ4n) is 2.59. The second kappa shape index (κ2) is 6.57. The number of hydrogen-bond donors (Lipinski definition) is 1. The van der Waals surface area contributed by atoms with Gasteiger partial charge in [0.15, 0.2) is 6.29 Å². The average molecular weight is 389 g/mol. The first kappa shape index (κ1) is 16.4. The highest BCUT2D eigenvalue weighted by Gasteiger charge is 2.12. The van der Waals surface area contributed by atoms with Crippen LogP contribution in [0.15, 0.2) is 47.1 Å². The molecule has 0 unspecified atom stereocenters. The topological polar surface area (TPSA) is 51.1 Å². The Balaban J connectivity index is 1.88. The lowest BCUT2D eigenvalue weighted by atomic mass is 10.2. The van der Waals surface area contributed by atoms with Crippen LogP contribution in [0.5, 0.6) is 0 Å². The molecule has 0 aliphatic heterocycles. The summed E-state index contributed by atoms with van der Waals surface area (Å²) in [6.45, 7) is 1.82. The molecule has 4 nitrogen and oxygen atoms in total. The van der Waals surface area contributed by atoms with Crippen LogP contribution in [0.4, 0.5) is 10.1 Å². The van der Waals surface area contributed by atoms with Crippen LogP contribution < -0.4 is 5.32 Å². The van der Waals surface area contributed by atoms with Gasteiger partial charge in [-0.15, -0.1) is 0 Å². The van der Waals surface area contributed by atoms with E-state index >= 15 is 0 Å². The van der Waals surface area contributed by atoms with Crippen LogP contribution in [0.3, 0.4) is 0 Å². The first-order valence-electron chi connectivity index (χ1n) is 7.27. The SMILES string of the molecule is Cc1ccc(F)cc1NC(=O)Cn1cc(C=O)c2cc(Br)ccc21. The first-order valence-corrected chi connectivity index (χ1v) is 8.07. The predicted octanol–water partition coefficient (Wildman–Crippen LogP) is 4.30. The number of benzene rings is 2. The van der Waals surface area contributed by atoms with Crippen molar-refractivity contribution >= 4 is 44.7 Å². The number of hydrogen-bond acceptors (Lipinski definition) is 2. The molecule has 3 aromatic rings. The molecule has 0 fully saturated rings. The van der Waals surface area contributed by atoms with Crippen molar-refractivity contribution in [1.82, 2.24) is 4.57 Å². The van der Waals surface area contributed by atoms with E-state index in [0.29, 0.717) is 11.3 Å². The molecule has 0 spiro atoms. The van der Waals surface area contributed by atoms with Crippen molar-refractivity contribution in [2.45, 2.75) is 13.5 Å². The van der Waals surface area contributed by atoms with Gasteiger partial charge in [-0.3, -0.25) is 9.59 Å². The molecule has 0 saturated carbocycles. The van der Waals surface area contributed by atoms with Gasteiger partial charge in [0.25, 0.3) is 0 Å². The van der Waals surface area contributed by atoms with E-state index in [1.165, 1.54) is 12.1 Å². The van der Waals surface area contributed by atoms with E-state index in [1.807, 2.05) is 18.2 Å². The molecule has 24 heavy (non-hydrogen) atoms. The summed E-state index contributed by atoms with van der Waals surface area (Å²) < 4.78 is 15.9. The summed E-state index contributed by atoms with van der Waals surface area (Å²) in [4.78, 5) is 23.5. The van der Waals surface area contributed by atoms with Crippen LogP contribution in [-0.4, -0.2) is 16.8 Å². The van der Waals surface area contributed by atoms with E-state index in [4.69, 9.17) is 0 Å². The minimum atomic E-state index is -0.407. The molecule has 0 atom stereocenters. The van der Waals surface area contributed by atoms with Crippen molar-refractivity contribution in [1.29, 1.82) is 0 Å². The highest BCUT2D eigenvalue weighted by atomic mass is 79.9. The minimum absolute atomic E-state index is 0.0297. The molecule has 1 amide bonds. The molecule has 3 rings (SSSR count). The maximum atomic E-state index is 13.3. The molecule has 0 bridgehead atoms. The van der Waals surface area contributed by atoms with Crippen molar-refractivity contribution in [3.63, 3.8) is 0 Å². The molecule has 0 saturated heterocycles. The number of carbonyl (C=O) groups excluding carboxylic acids is 2. The number of aromatic nitrogens is 1. The Hall–Kier alpha value is -2.47. The third kappa shape index (κ3) is 3.23. The van der Waals surface area contributed by atoms with Crippen LogP contribution >= 0.6 is 15.9 Å². The van der Waals surface area contributed by atoms with Crippen molar-refractivity contribution in [3.05, 3.63) is 64.0 Å². The second-order valence-corrected chi connectivity index (χ2v) is 6.41. The number of anilines is 1. The minimum Gasteiger partial charge on any atom is -0.337 e. The smallest absolute Gasteiger partial charge is 0.244 e. The van der Waals surface area contributed by atoms with E-state index in [1.54, 1.807) is 23.8 Å². The summed E-state index contributed by atoms with van der Waals surface area (Å²) in [6, 6.07) is 9.77. The third-order valence-corrected chi connectivity index (χ3v) is 4.28. The number of carbonyl (C=O) groups is 2. The van der Waals surface area contributed by atoms with Gasteiger partial charge in [-0.05, 0) is 42.8 Å². The summed E-state index contributed by atoms with van der Waals surface area (Å²) in [5.41, 5.74) is 2.52. The first-order chi connectivity index (χ1) is 11.5. The highest BCUT2D eigenvalue weighted by Crippen LogP contribution is 2.24. The molecule has 1 heterocycles. The van der Waals surface area contributed by atoms with Gasteiger partial charge in [-0.2, -0.15) is 0 Å². The van der Waals surface area contributed by atoms with E-state index in [-0.39, 0.29) is 12.5 Å². The predicted molar refractivity (Wildman–Crippen MR) is 94.8 cm³/mol. The molecule has 0 radical (unpaired) electrons. The molecular weight excluding hydrogens is 375 g/mol. The molecule has 0 aliphatic rings. The number of nitrogens with zero attached hydrogens (tertiary/aromatic N) is 1. The quantitative estimate of drug-likeness (QED) is 0.677. The fourth-order valence-corrected chi connectivity index (χ4v) is 2.96. The zero-order valence-electron chi connectivity index (χ0n) is 12.8. The van der Waals surface area contributed by atoms with Crippen molar-refractivity contribution in [2.75, 3.05) is 5.32 Å². The van der Waals surface area contributed by atoms with Gasteiger partial charge in [-0.1, -0.05) is 22.0 Å². The zero-order chi connectivity index (χ0) is 17.3. The normalized spacial score (nSPS) is 10.8. The highest BCUT2D eigenvalue weighted by molar-refractivity contribution is 9.10. The maximum Gasteiger partial charge on any atom is 0.244 e. The Morgan fingerprint density at radius 1 is 1.29 bits per heavy atom. The summed E-state index contributed by atoms with van der Waals surface area (Å²) in [6.07, 6.45) is 2.40. The zero-order valence-corrected chi connectivity index (χ0v) is 14.4. The van der Waals surface area contributed by atoms with E-state index in [0.717, 1.165) is 27.2 Å². The number of rotatable bonds is 4. The van der Waals surface area contributed by atoms with Crippen LogP contribution in [0.25, 0.3) is 10.9 Å². The van der Waals surface area contributed by atoms with Crippen molar-refractivity contribution in [2.24, 2.45) is 0 Å². The molecule has 2 aromatic carbocycles. The van der Waals surface area contributed by atoms with Crippen molar-refractivity contribution in [3.8, 4) is 0 Å². The lowest BCUT2D eigenvalue weighted by molar-refractivity contribution is -0.116. The van der Waals surface area contributed by atoms with Crippen LogP contribution in [0, 0.1) is 12.7 Å². The molecule has 1 N–H and O–H groups in total. The van der Waals surface area contributed by atoms with Crippen molar-refractivity contribution < 1.29 is 14.0 Å². The maximum absolute atomic E-state index is 13.3. The van der Waals surface area contributed by atoms with Gasteiger partial charge >= 0.3 is 0 Å². The standard InChI is InChI=1S/C18H14BrFN2O2/c1-11-2-4-14(20)7-16(11)21-18(24)9-22-8-12(10-23)15-6-13(19)3-5-17(15)22/h2-8,10H,9H2,1H3,(H,21,24). The second-order valence-electron chi connectivity index (χ2n) is 5.50. The lowest BCUT2D eigenvalue weighted by Gasteiger charge is -2.10. The molecule has 122 valence electrons. The van der Waals surface area contributed by atoms with E-state index in [9.17, 15) is 14.0 Å². The number of aldehydes is 1. The molecular formula is C18H14BrFN2O2. The Labute approximate surface area is 146 Å². The molecule has 1 aromatic heterocycles. The van der Waals surface area contributed by atoms with E-state index < -0.39 is 5.82 Å². The molecule has 0 aliphatic carbocycles. The monoisotopic (exact) mass is 388 g/mol. The number of amides is 1. The van der Waals surface area contributed by atoms with Crippen LogP contribution in [0.2, 0.25) is 0 Å². The Morgan fingerprint density at radius 2 is 2.08 bits per heavy atom. The third-order valence-electron chi connectivity index (χ3n) is 3.79. The Kier molecular flexibility index (Phi) is 4.49. The Bertz CT molecular complexity index is 950. The lowest BCUT2D eigenvalue weighted by Crippen LogP contribution is -2.18. The summed E-state index contributed by atoms with van der Waals surface area (Å²) in [7, 11) is 0. The van der Waals surface area contributed by atoms with Gasteiger partial charge in [0.1, 0.15) is 12.4 Å². The van der Waals surface area contributed by atoms with Crippen LogP contribution in [-0.2, 0) is 11.3 Å². The largest absolute Gasteiger partial charge is 0.337 e. The number of nitrogens with one attached hydrogen (secondary N) is 1.